The van der Waals surface area contributed by atoms with Crippen molar-refractivity contribution in [3.05, 3.63) is 179 Å². The van der Waals surface area contributed by atoms with Gasteiger partial charge in [-0.1, -0.05) is 152 Å². The predicted octanol–water partition coefficient (Wildman–Crippen LogP) is 7.59. The summed E-state index contributed by atoms with van der Waals surface area (Å²) in [5.74, 6) is -3.78. The Morgan fingerprint density at radius 3 is 1.61 bits per heavy atom. The number of hydrogen-bond acceptors (Lipinski definition) is 8. The molecule has 0 spiro atoms. The SMILES string of the molecule is CO[C@@]1(C(=O)O)C[C@H](N(Cc2ccccc2)C(C)=O)[C@@H](OCc2ccccc2)[C@H]([C@H](OCc2ccccc2)[C@@H](COCc2ccccc2)OCc2ccccc2)O1. The summed E-state index contributed by atoms with van der Waals surface area (Å²) in [5.41, 5.74) is 4.54. The summed E-state index contributed by atoms with van der Waals surface area (Å²) < 4.78 is 39.3. The molecule has 6 atom stereocenters. The van der Waals surface area contributed by atoms with Crippen LogP contribution in [0.25, 0.3) is 0 Å². The van der Waals surface area contributed by atoms with E-state index in [1.807, 2.05) is 152 Å². The van der Waals surface area contributed by atoms with E-state index in [2.05, 4.69) is 0 Å². The van der Waals surface area contributed by atoms with Crippen molar-refractivity contribution < 1.29 is 43.1 Å². The Labute approximate surface area is 334 Å². The molecule has 0 unspecified atom stereocenters. The molecule has 1 aliphatic heterocycles. The Kier molecular flexibility index (Phi) is 15.1. The van der Waals surface area contributed by atoms with E-state index in [1.54, 1.807) is 4.90 Å². The molecule has 1 fully saturated rings. The molecular weight excluding hydrogens is 723 g/mol. The number of methoxy groups -OCH3 is 1. The maximum atomic E-state index is 13.8. The highest BCUT2D eigenvalue weighted by Crippen LogP contribution is 2.39. The first-order valence-corrected chi connectivity index (χ1v) is 19.2. The Bertz CT molecular complexity index is 1940. The van der Waals surface area contributed by atoms with Crippen LogP contribution in [0.5, 0.6) is 0 Å². The van der Waals surface area contributed by atoms with Crippen LogP contribution in [0.2, 0.25) is 0 Å². The number of carbonyl (C=O) groups is 2. The van der Waals surface area contributed by atoms with Gasteiger partial charge in [0.15, 0.2) is 0 Å². The van der Waals surface area contributed by atoms with Crippen LogP contribution in [0.4, 0.5) is 0 Å². The van der Waals surface area contributed by atoms with Crippen LogP contribution >= 0.6 is 0 Å². The van der Waals surface area contributed by atoms with Crippen molar-refractivity contribution in [3.63, 3.8) is 0 Å². The van der Waals surface area contributed by atoms with Crippen molar-refractivity contribution in [2.24, 2.45) is 0 Å². The number of rotatable bonds is 20. The van der Waals surface area contributed by atoms with E-state index in [-0.39, 0.29) is 45.3 Å². The van der Waals surface area contributed by atoms with Gasteiger partial charge in [-0.25, -0.2) is 4.79 Å². The molecule has 5 aromatic carbocycles. The molecule has 5 aromatic rings. The second-order valence-corrected chi connectivity index (χ2v) is 14.1. The lowest BCUT2D eigenvalue weighted by Crippen LogP contribution is -2.68. The van der Waals surface area contributed by atoms with Gasteiger partial charge in [0.25, 0.3) is 5.79 Å². The van der Waals surface area contributed by atoms with Gasteiger partial charge in [0, 0.05) is 27.0 Å². The molecule has 1 heterocycles. The van der Waals surface area contributed by atoms with Crippen molar-refractivity contribution in [2.45, 2.75) is 82.6 Å². The molecular formula is C47H51NO9. The van der Waals surface area contributed by atoms with Crippen LogP contribution in [0.1, 0.15) is 41.2 Å². The summed E-state index contributed by atoms with van der Waals surface area (Å²) in [6.07, 6.45) is -4.09. The number of hydrogen-bond donors (Lipinski definition) is 1. The van der Waals surface area contributed by atoms with Crippen LogP contribution in [-0.4, -0.2) is 71.8 Å². The first kappa shape index (κ1) is 41.4. The number of benzene rings is 5. The number of nitrogens with zero attached hydrogens (tertiary/aromatic N) is 1. The van der Waals surface area contributed by atoms with Gasteiger partial charge in [-0.05, 0) is 27.8 Å². The molecule has 0 bridgehead atoms. The zero-order valence-corrected chi connectivity index (χ0v) is 32.4. The average Bonchev–Trinajstić information content (AvgIpc) is 3.25. The second kappa shape index (κ2) is 20.8. The molecule has 57 heavy (non-hydrogen) atoms. The highest BCUT2D eigenvalue weighted by atomic mass is 16.7. The summed E-state index contributed by atoms with van der Waals surface area (Å²) in [5, 5.41) is 10.9. The summed E-state index contributed by atoms with van der Waals surface area (Å²) in [7, 11) is 1.30. The first-order valence-electron chi connectivity index (χ1n) is 19.2. The topological polar surface area (TPSA) is 113 Å². The highest BCUT2D eigenvalue weighted by molar-refractivity contribution is 5.77. The molecule has 6 rings (SSSR count). The lowest BCUT2D eigenvalue weighted by atomic mass is 9.86. The molecule has 1 saturated heterocycles. The van der Waals surface area contributed by atoms with E-state index in [0.717, 1.165) is 27.8 Å². The third kappa shape index (κ3) is 11.4. The molecule has 0 aromatic heterocycles. The number of carbonyl (C=O) groups excluding carboxylic acids is 1. The van der Waals surface area contributed by atoms with Gasteiger partial charge in [-0.2, -0.15) is 0 Å². The fraction of sp³-hybridized carbons (Fsp3) is 0.319. The number of aliphatic carboxylic acids is 1. The van der Waals surface area contributed by atoms with E-state index in [4.69, 9.17) is 28.4 Å². The summed E-state index contributed by atoms with van der Waals surface area (Å²) in [6, 6.07) is 47.6. The zero-order valence-electron chi connectivity index (χ0n) is 32.4. The average molecular weight is 774 g/mol. The number of carboxylic acid groups (broad SMARTS) is 1. The maximum Gasteiger partial charge on any atom is 0.364 e. The lowest BCUT2D eigenvalue weighted by Gasteiger charge is -2.51. The van der Waals surface area contributed by atoms with Gasteiger partial charge >= 0.3 is 5.97 Å². The van der Waals surface area contributed by atoms with E-state index in [1.165, 1.54) is 14.0 Å². The van der Waals surface area contributed by atoms with Gasteiger partial charge in [-0.3, -0.25) is 4.79 Å². The molecule has 1 amide bonds. The van der Waals surface area contributed by atoms with Crippen molar-refractivity contribution in [3.8, 4) is 0 Å². The quantitative estimate of drug-likeness (QED) is 0.0855. The maximum absolute atomic E-state index is 13.8. The number of ether oxygens (including phenoxy) is 6. The molecule has 10 heteroatoms. The predicted molar refractivity (Wildman–Crippen MR) is 214 cm³/mol. The number of carboxylic acids is 1. The van der Waals surface area contributed by atoms with Gasteiger partial charge < -0.3 is 38.4 Å². The molecule has 1 aliphatic rings. The monoisotopic (exact) mass is 773 g/mol. The fourth-order valence-corrected chi connectivity index (χ4v) is 7.12. The molecule has 0 saturated carbocycles. The third-order valence-electron chi connectivity index (χ3n) is 10.1. The van der Waals surface area contributed by atoms with Crippen molar-refractivity contribution in [1.29, 1.82) is 0 Å². The summed E-state index contributed by atoms with van der Waals surface area (Å²) >= 11 is 0. The highest BCUT2D eigenvalue weighted by Gasteiger charge is 2.58. The Morgan fingerprint density at radius 2 is 1.14 bits per heavy atom. The molecule has 10 nitrogen and oxygen atoms in total. The lowest BCUT2D eigenvalue weighted by molar-refractivity contribution is -0.325. The van der Waals surface area contributed by atoms with Crippen LogP contribution in [-0.2, 0) is 71.0 Å². The Hall–Kier alpha value is -5.20. The van der Waals surface area contributed by atoms with Crippen LogP contribution in [0.3, 0.4) is 0 Å². The van der Waals surface area contributed by atoms with E-state index in [9.17, 15) is 14.7 Å². The van der Waals surface area contributed by atoms with Crippen LogP contribution in [0, 0.1) is 0 Å². The second-order valence-electron chi connectivity index (χ2n) is 14.1. The van der Waals surface area contributed by atoms with Gasteiger partial charge in [-0.15, -0.1) is 0 Å². The minimum absolute atomic E-state index is 0.0601. The molecule has 0 radical (unpaired) electrons. The van der Waals surface area contributed by atoms with Crippen LogP contribution < -0.4 is 0 Å². The largest absolute Gasteiger partial charge is 0.477 e. The van der Waals surface area contributed by atoms with Gasteiger partial charge in [0.05, 0.1) is 39.1 Å². The molecule has 0 aliphatic carbocycles. The minimum Gasteiger partial charge on any atom is -0.477 e. The minimum atomic E-state index is -2.17. The Morgan fingerprint density at radius 1 is 0.684 bits per heavy atom. The fourth-order valence-electron chi connectivity index (χ4n) is 7.12. The van der Waals surface area contributed by atoms with Gasteiger partial charge in [0.2, 0.25) is 5.91 Å². The van der Waals surface area contributed by atoms with Crippen LogP contribution in [0.15, 0.2) is 152 Å². The van der Waals surface area contributed by atoms with Crippen molar-refractivity contribution in [1.82, 2.24) is 4.90 Å². The number of amides is 1. The van der Waals surface area contributed by atoms with Crippen molar-refractivity contribution in [2.75, 3.05) is 13.7 Å². The normalized spacial score (nSPS) is 20.4. The smallest absolute Gasteiger partial charge is 0.364 e. The molecule has 298 valence electrons. The standard InChI is InChI=1S/C47H51NO9/c1-35(49)48(29-36-18-8-3-9-19-36)41-28-47(52-2,46(50)51)57-45(43(41)55-32-39-24-14-6-15-25-39)44(56-33-40-26-16-7-17-27-40)42(54-31-38-22-12-5-13-23-38)34-53-30-37-20-10-4-11-21-37/h3-27,41-45H,28-34H2,1-2H3,(H,50,51)/t41-,42+,43+,44+,45+,47-/m0/s1. The summed E-state index contributed by atoms with van der Waals surface area (Å²) in [4.78, 5) is 28.8. The summed E-state index contributed by atoms with van der Waals surface area (Å²) in [6.45, 7) is 2.52. The van der Waals surface area contributed by atoms with Crippen molar-refractivity contribution >= 4 is 11.9 Å². The molecule has 1 N–H and O–H groups in total. The third-order valence-corrected chi connectivity index (χ3v) is 10.1. The zero-order chi connectivity index (χ0) is 39.9. The first-order chi connectivity index (χ1) is 27.8. The Balaban J connectivity index is 1.45. The van der Waals surface area contributed by atoms with E-state index < -0.39 is 42.2 Å². The van der Waals surface area contributed by atoms with Gasteiger partial charge in [0.1, 0.15) is 24.4 Å². The van der Waals surface area contributed by atoms with E-state index in [0.29, 0.717) is 6.61 Å². The van der Waals surface area contributed by atoms with E-state index >= 15 is 0 Å².